The molecule has 0 amide bonds. The van der Waals surface area contributed by atoms with Crippen molar-refractivity contribution in [3.63, 3.8) is 0 Å². The number of carboxylic acids is 1. The van der Waals surface area contributed by atoms with E-state index in [0.29, 0.717) is 11.1 Å². The van der Waals surface area contributed by atoms with Gasteiger partial charge in [-0.1, -0.05) is 46.3 Å². The summed E-state index contributed by atoms with van der Waals surface area (Å²) in [6.45, 7) is 1.84. The molecular formula is C19H16BrNO3. The summed E-state index contributed by atoms with van der Waals surface area (Å²) >= 11 is 3.33. The average Bonchev–Trinajstić information content (AvgIpc) is 2.88. The third kappa shape index (κ3) is 3.12. The number of fused-ring (bicyclic) bond motifs is 1. The third-order valence-corrected chi connectivity index (χ3v) is 4.67. The predicted molar refractivity (Wildman–Crippen MR) is 96.5 cm³/mol. The van der Waals surface area contributed by atoms with Crippen LogP contribution in [-0.4, -0.2) is 21.8 Å². The number of rotatable bonds is 5. The second-order valence-corrected chi connectivity index (χ2v) is 6.65. The van der Waals surface area contributed by atoms with Gasteiger partial charge in [-0.2, -0.15) is 0 Å². The Morgan fingerprint density at radius 2 is 1.79 bits per heavy atom. The highest BCUT2D eigenvalue weighted by molar-refractivity contribution is 9.10. The van der Waals surface area contributed by atoms with Gasteiger partial charge in [0.2, 0.25) is 0 Å². The number of carboxylic acid groups (broad SMARTS) is 1. The second kappa shape index (κ2) is 6.61. The topological polar surface area (TPSA) is 70.2 Å². The number of Topliss-reactive ketones (excluding diaryl/α,β-unsaturated/α-hetero) is 1. The number of halogens is 1. The van der Waals surface area contributed by atoms with Gasteiger partial charge in [0.15, 0.2) is 5.78 Å². The second-order valence-electron chi connectivity index (χ2n) is 5.73. The molecular weight excluding hydrogens is 370 g/mol. The van der Waals surface area contributed by atoms with Crippen molar-refractivity contribution in [3.05, 3.63) is 69.8 Å². The van der Waals surface area contributed by atoms with Crippen molar-refractivity contribution in [2.24, 2.45) is 0 Å². The zero-order valence-corrected chi connectivity index (χ0v) is 14.6. The number of nitrogens with one attached hydrogen (secondary N) is 1. The van der Waals surface area contributed by atoms with Crippen molar-refractivity contribution in [2.75, 3.05) is 0 Å². The highest BCUT2D eigenvalue weighted by atomic mass is 79.9. The van der Waals surface area contributed by atoms with Crippen LogP contribution in [0.15, 0.2) is 53.0 Å². The fraction of sp³-hybridized carbons (Fsp3) is 0.158. The summed E-state index contributed by atoms with van der Waals surface area (Å²) in [7, 11) is 0. The van der Waals surface area contributed by atoms with Gasteiger partial charge in [-0.15, -0.1) is 0 Å². The van der Waals surface area contributed by atoms with Crippen LogP contribution in [0.2, 0.25) is 0 Å². The lowest BCUT2D eigenvalue weighted by Crippen LogP contribution is -2.17. The summed E-state index contributed by atoms with van der Waals surface area (Å²) < 4.78 is 0.876. The van der Waals surface area contributed by atoms with Crippen LogP contribution in [0.3, 0.4) is 0 Å². The van der Waals surface area contributed by atoms with Gasteiger partial charge < -0.3 is 10.1 Å². The van der Waals surface area contributed by atoms with E-state index < -0.39 is 11.9 Å². The minimum atomic E-state index is -0.992. The van der Waals surface area contributed by atoms with Gasteiger partial charge >= 0.3 is 5.97 Å². The lowest BCUT2D eigenvalue weighted by molar-refractivity contribution is -0.138. The number of aromatic nitrogens is 1. The van der Waals surface area contributed by atoms with Crippen molar-refractivity contribution in [1.82, 2.24) is 4.98 Å². The lowest BCUT2D eigenvalue weighted by atomic mass is 9.89. The minimum absolute atomic E-state index is 0.0698. The van der Waals surface area contributed by atoms with E-state index >= 15 is 0 Å². The Morgan fingerprint density at radius 3 is 2.46 bits per heavy atom. The number of para-hydroxylation sites is 1. The summed E-state index contributed by atoms with van der Waals surface area (Å²) in [4.78, 5) is 27.6. The van der Waals surface area contributed by atoms with Gasteiger partial charge in [0.1, 0.15) is 0 Å². The van der Waals surface area contributed by atoms with Crippen LogP contribution in [0, 0.1) is 6.92 Å². The highest BCUT2D eigenvalue weighted by Gasteiger charge is 2.28. The van der Waals surface area contributed by atoms with Gasteiger partial charge in [0.05, 0.1) is 5.92 Å². The van der Waals surface area contributed by atoms with E-state index in [-0.39, 0.29) is 12.2 Å². The van der Waals surface area contributed by atoms with Gasteiger partial charge in [-0.05, 0) is 30.7 Å². The van der Waals surface area contributed by atoms with Crippen LogP contribution >= 0.6 is 15.9 Å². The number of aryl methyl sites for hydroxylation is 1. The first-order valence-electron chi connectivity index (χ1n) is 7.56. The Labute approximate surface area is 147 Å². The molecule has 0 bridgehead atoms. The third-order valence-electron chi connectivity index (χ3n) is 4.15. The number of carbonyl (C=O) groups excluding carboxylic acids is 1. The van der Waals surface area contributed by atoms with Gasteiger partial charge in [-0.25, -0.2) is 0 Å². The van der Waals surface area contributed by atoms with Crippen molar-refractivity contribution >= 4 is 38.6 Å². The standard InChI is InChI=1S/C19H16BrNO3/c1-11-18(14-4-2-3-5-16(14)21-11)15(19(23)24)10-17(22)12-6-8-13(20)9-7-12/h2-9,15,21H,10H2,1H3,(H,23,24). The smallest absolute Gasteiger partial charge is 0.311 e. The van der Waals surface area contributed by atoms with Crippen molar-refractivity contribution in [1.29, 1.82) is 0 Å². The Hall–Kier alpha value is -2.40. The van der Waals surface area contributed by atoms with Gasteiger partial charge in [-0.3, -0.25) is 9.59 Å². The SMILES string of the molecule is Cc1[nH]c2ccccc2c1C(CC(=O)c1ccc(Br)cc1)C(=O)O. The van der Waals surface area contributed by atoms with Crippen LogP contribution in [0.25, 0.3) is 10.9 Å². The number of aliphatic carboxylic acids is 1. The number of hydrogen-bond acceptors (Lipinski definition) is 2. The molecule has 1 atom stereocenters. The zero-order valence-electron chi connectivity index (χ0n) is 13.0. The lowest BCUT2D eigenvalue weighted by Gasteiger charge is -2.13. The Balaban J connectivity index is 1.98. The molecule has 24 heavy (non-hydrogen) atoms. The number of H-pyrrole nitrogens is 1. The van der Waals surface area contributed by atoms with E-state index in [1.807, 2.05) is 31.2 Å². The first kappa shape index (κ1) is 16.5. The quantitative estimate of drug-likeness (QED) is 0.626. The molecule has 122 valence electrons. The number of hydrogen-bond donors (Lipinski definition) is 2. The highest BCUT2D eigenvalue weighted by Crippen LogP contribution is 2.32. The van der Waals surface area contributed by atoms with Crippen molar-refractivity contribution < 1.29 is 14.7 Å². The van der Waals surface area contributed by atoms with E-state index in [4.69, 9.17) is 0 Å². The molecule has 0 radical (unpaired) electrons. The van der Waals surface area contributed by atoms with Crippen LogP contribution in [0.1, 0.15) is 34.0 Å². The Morgan fingerprint density at radius 1 is 1.12 bits per heavy atom. The van der Waals surface area contributed by atoms with Gasteiger partial charge in [0.25, 0.3) is 0 Å². The molecule has 0 saturated heterocycles. The normalized spacial score (nSPS) is 12.2. The molecule has 3 aromatic rings. The largest absolute Gasteiger partial charge is 0.481 e. The zero-order chi connectivity index (χ0) is 17.3. The van der Waals surface area contributed by atoms with E-state index in [1.165, 1.54) is 0 Å². The molecule has 1 unspecified atom stereocenters. The molecule has 3 rings (SSSR count). The monoisotopic (exact) mass is 385 g/mol. The number of benzene rings is 2. The summed E-state index contributed by atoms with van der Waals surface area (Å²) in [5.74, 6) is -2.05. The van der Waals surface area contributed by atoms with Crippen LogP contribution in [0.5, 0.6) is 0 Å². The predicted octanol–water partition coefficient (Wildman–Crippen LogP) is 4.68. The van der Waals surface area contributed by atoms with Crippen LogP contribution < -0.4 is 0 Å². The molecule has 2 aromatic carbocycles. The number of ketones is 1. The molecule has 0 aliphatic carbocycles. The summed E-state index contributed by atoms with van der Waals surface area (Å²) in [5.41, 5.74) is 2.87. The molecule has 0 aliphatic heterocycles. The molecule has 0 saturated carbocycles. The summed E-state index contributed by atoms with van der Waals surface area (Å²) in [6.07, 6.45) is -0.0698. The first-order chi connectivity index (χ1) is 11.5. The van der Waals surface area contributed by atoms with Crippen molar-refractivity contribution in [2.45, 2.75) is 19.3 Å². The maximum absolute atomic E-state index is 12.5. The van der Waals surface area contributed by atoms with Gasteiger partial charge in [0, 0.05) is 33.1 Å². The fourth-order valence-corrected chi connectivity index (χ4v) is 3.26. The first-order valence-corrected chi connectivity index (χ1v) is 8.35. The molecule has 4 nitrogen and oxygen atoms in total. The molecule has 5 heteroatoms. The van der Waals surface area contributed by atoms with Crippen LogP contribution in [-0.2, 0) is 4.79 Å². The summed E-state index contributed by atoms with van der Waals surface area (Å²) in [6, 6.07) is 14.5. The molecule has 0 fully saturated rings. The van der Waals surface area contributed by atoms with Crippen molar-refractivity contribution in [3.8, 4) is 0 Å². The maximum atomic E-state index is 12.5. The number of aromatic amines is 1. The Kier molecular flexibility index (Phi) is 4.53. The fourth-order valence-electron chi connectivity index (χ4n) is 3.00. The molecule has 1 heterocycles. The maximum Gasteiger partial charge on any atom is 0.311 e. The molecule has 2 N–H and O–H groups in total. The van der Waals surface area contributed by atoms with E-state index in [1.54, 1.807) is 24.3 Å². The molecule has 0 aliphatic rings. The molecule has 1 aromatic heterocycles. The van der Waals surface area contributed by atoms with E-state index in [0.717, 1.165) is 21.1 Å². The van der Waals surface area contributed by atoms with E-state index in [9.17, 15) is 14.7 Å². The van der Waals surface area contributed by atoms with Crippen LogP contribution in [0.4, 0.5) is 0 Å². The average molecular weight is 386 g/mol. The Bertz CT molecular complexity index is 912. The summed E-state index contributed by atoms with van der Waals surface area (Å²) in [5, 5.41) is 10.5. The number of carbonyl (C=O) groups is 2. The van der Waals surface area contributed by atoms with E-state index in [2.05, 4.69) is 20.9 Å². The minimum Gasteiger partial charge on any atom is -0.481 e. The molecule has 0 spiro atoms.